The molecule has 37 heavy (non-hydrogen) atoms. The molecular weight excluding hydrogens is 488 g/mol. The van der Waals surface area contributed by atoms with E-state index in [2.05, 4.69) is 0 Å². The fourth-order valence-corrected chi connectivity index (χ4v) is 5.57. The number of rotatable bonds is 6. The number of aliphatic hydroxyl groups excluding tert-OH is 4. The highest BCUT2D eigenvalue weighted by molar-refractivity contribution is 5.46. The number of benzene rings is 2. The molecule has 200 valence electrons. The zero-order valence-corrected chi connectivity index (χ0v) is 20.1. The molecule has 4 aliphatic rings. The fourth-order valence-electron chi connectivity index (χ4n) is 5.57. The predicted molar refractivity (Wildman–Crippen MR) is 124 cm³/mol. The number of aliphatic hydroxyl groups is 4. The molecule has 0 aromatic heterocycles. The van der Waals surface area contributed by atoms with Gasteiger partial charge in [0.1, 0.15) is 24.4 Å². The Morgan fingerprint density at radius 2 is 1.49 bits per heavy atom. The molecule has 4 N–H and O–H groups in total. The fraction of sp³-hybridized carbons (Fsp3) is 0.538. The Morgan fingerprint density at radius 3 is 2.19 bits per heavy atom. The van der Waals surface area contributed by atoms with E-state index in [1.807, 2.05) is 24.3 Å². The van der Waals surface area contributed by atoms with Gasteiger partial charge in [0.25, 0.3) is 0 Å². The third kappa shape index (κ3) is 4.30. The van der Waals surface area contributed by atoms with Gasteiger partial charge in [-0.25, -0.2) is 0 Å². The van der Waals surface area contributed by atoms with Gasteiger partial charge in [-0.2, -0.15) is 0 Å². The van der Waals surface area contributed by atoms with E-state index in [1.165, 1.54) is 7.11 Å². The highest BCUT2D eigenvalue weighted by Crippen LogP contribution is 2.52. The SMILES string of the molecule is COc1cc([C@H]2OC[C@H]3[C@@H]2CO[C@@H]3c2ccc3c(c2)OCO3)ccc1O[C@H]1OC(CO)[C@@H](O)C(O)C1O. The molecule has 3 saturated heterocycles. The van der Waals surface area contributed by atoms with E-state index in [4.69, 9.17) is 33.2 Å². The van der Waals surface area contributed by atoms with Crippen LogP contribution < -0.4 is 18.9 Å². The Kier molecular flexibility index (Phi) is 6.61. The van der Waals surface area contributed by atoms with E-state index < -0.39 is 37.3 Å². The first-order valence-corrected chi connectivity index (χ1v) is 12.3. The van der Waals surface area contributed by atoms with Gasteiger partial charge in [0.15, 0.2) is 23.0 Å². The van der Waals surface area contributed by atoms with Crippen molar-refractivity contribution in [1.82, 2.24) is 0 Å². The predicted octanol–water partition coefficient (Wildman–Crippen LogP) is 0.678. The van der Waals surface area contributed by atoms with Gasteiger partial charge in [-0.1, -0.05) is 12.1 Å². The minimum atomic E-state index is -1.54. The summed E-state index contributed by atoms with van der Waals surface area (Å²) in [6.07, 6.45) is -7.23. The Morgan fingerprint density at radius 1 is 0.811 bits per heavy atom. The van der Waals surface area contributed by atoms with Gasteiger partial charge in [-0.15, -0.1) is 0 Å². The first-order chi connectivity index (χ1) is 18.0. The lowest BCUT2D eigenvalue weighted by Crippen LogP contribution is -2.60. The van der Waals surface area contributed by atoms with Gasteiger partial charge in [0.05, 0.1) is 39.1 Å². The van der Waals surface area contributed by atoms with Crippen LogP contribution in [0.2, 0.25) is 0 Å². The van der Waals surface area contributed by atoms with Gasteiger partial charge in [-0.3, -0.25) is 0 Å². The summed E-state index contributed by atoms with van der Waals surface area (Å²) >= 11 is 0. The molecule has 4 heterocycles. The van der Waals surface area contributed by atoms with Gasteiger partial charge < -0.3 is 53.6 Å². The lowest BCUT2D eigenvalue weighted by atomic mass is 9.85. The molecule has 2 aromatic rings. The Labute approximate surface area is 213 Å². The summed E-state index contributed by atoms with van der Waals surface area (Å²) in [4.78, 5) is 0. The first kappa shape index (κ1) is 24.7. The number of hydrogen-bond donors (Lipinski definition) is 4. The first-order valence-electron chi connectivity index (χ1n) is 12.3. The van der Waals surface area contributed by atoms with E-state index in [-0.39, 0.29) is 36.6 Å². The van der Waals surface area contributed by atoms with Crippen LogP contribution in [0, 0.1) is 11.8 Å². The van der Waals surface area contributed by atoms with Gasteiger partial charge in [0.2, 0.25) is 13.1 Å². The standard InChI is InChI=1S/C26H30O11/c1-31-18-6-12(3-5-17(18)36-26-23(30)22(29)21(28)20(8-27)37-26)24-14-9-33-25(15(14)10-32-24)13-2-4-16-19(7-13)35-11-34-16/h2-7,14-15,20-30H,8-11H2,1H3/t14-,15-,20?,21+,22?,23?,24+,25+,26-/m0/s1. The van der Waals surface area contributed by atoms with Crippen molar-refractivity contribution in [1.29, 1.82) is 0 Å². The minimum absolute atomic E-state index is 0.111. The van der Waals surface area contributed by atoms with E-state index in [1.54, 1.807) is 12.1 Å². The summed E-state index contributed by atoms with van der Waals surface area (Å²) in [6, 6.07) is 11.2. The van der Waals surface area contributed by atoms with Gasteiger partial charge in [-0.05, 0) is 35.4 Å². The molecule has 0 spiro atoms. The molecule has 2 aromatic carbocycles. The number of fused-ring (bicyclic) bond motifs is 2. The molecule has 0 radical (unpaired) electrons. The molecule has 6 rings (SSSR count). The summed E-state index contributed by atoms with van der Waals surface area (Å²) in [7, 11) is 1.49. The molecular formula is C26H30O11. The molecule has 4 aliphatic heterocycles. The van der Waals surface area contributed by atoms with E-state index in [0.29, 0.717) is 19.0 Å². The third-order valence-electron chi connectivity index (χ3n) is 7.60. The van der Waals surface area contributed by atoms with Crippen LogP contribution in [-0.2, 0) is 14.2 Å². The summed E-state index contributed by atoms with van der Waals surface area (Å²) in [5.41, 5.74) is 1.92. The highest BCUT2D eigenvalue weighted by atomic mass is 16.7. The average molecular weight is 519 g/mol. The smallest absolute Gasteiger partial charge is 0.231 e. The molecule has 0 aliphatic carbocycles. The minimum Gasteiger partial charge on any atom is -0.493 e. The van der Waals surface area contributed by atoms with Crippen molar-refractivity contribution in [3.05, 3.63) is 47.5 Å². The Balaban J connectivity index is 1.18. The van der Waals surface area contributed by atoms with Crippen molar-refractivity contribution in [3.8, 4) is 23.0 Å². The summed E-state index contributed by atoms with van der Waals surface area (Å²) < 4.78 is 40.2. The molecule has 0 saturated carbocycles. The van der Waals surface area contributed by atoms with Crippen molar-refractivity contribution in [2.75, 3.05) is 33.7 Å². The average Bonchev–Trinajstić information content (AvgIpc) is 3.65. The highest BCUT2D eigenvalue weighted by Gasteiger charge is 2.49. The van der Waals surface area contributed by atoms with Crippen LogP contribution in [-0.4, -0.2) is 84.9 Å². The van der Waals surface area contributed by atoms with Crippen LogP contribution >= 0.6 is 0 Å². The second-order valence-electron chi connectivity index (χ2n) is 9.67. The van der Waals surface area contributed by atoms with E-state index in [9.17, 15) is 20.4 Å². The maximum absolute atomic E-state index is 10.3. The monoisotopic (exact) mass is 518 g/mol. The molecule has 9 atom stereocenters. The largest absolute Gasteiger partial charge is 0.493 e. The van der Waals surface area contributed by atoms with Crippen LogP contribution in [0.1, 0.15) is 23.3 Å². The van der Waals surface area contributed by atoms with Gasteiger partial charge >= 0.3 is 0 Å². The quantitative estimate of drug-likeness (QED) is 0.428. The van der Waals surface area contributed by atoms with Crippen molar-refractivity contribution < 1.29 is 53.6 Å². The number of hydrogen-bond acceptors (Lipinski definition) is 11. The molecule has 11 nitrogen and oxygen atoms in total. The molecule has 11 heteroatoms. The Bertz CT molecular complexity index is 1120. The zero-order chi connectivity index (χ0) is 25.7. The van der Waals surface area contributed by atoms with Crippen molar-refractivity contribution >= 4 is 0 Å². The van der Waals surface area contributed by atoms with Crippen LogP contribution in [0.3, 0.4) is 0 Å². The second-order valence-corrected chi connectivity index (χ2v) is 9.67. The maximum atomic E-state index is 10.3. The zero-order valence-electron chi connectivity index (χ0n) is 20.1. The van der Waals surface area contributed by atoms with E-state index in [0.717, 1.165) is 22.6 Å². The van der Waals surface area contributed by atoms with Crippen molar-refractivity contribution in [2.24, 2.45) is 11.8 Å². The van der Waals surface area contributed by atoms with Crippen LogP contribution in [0.5, 0.6) is 23.0 Å². The van der Waals surface area contributed by atoms with Gasteiger partial charge in [0, 0.05) is 11.8 Å². The van der Waals surface area contributed by atoms with Crippen molar-refractivity contribution in [2.45, 2.75) is 42.9 Å². The van der Waals surface area contributed by atoms with Crippen LogP contribution in [0.25, 0.3) is 0 Å². The van der Waals surface area contributed by atoms with Crippen LogP contribution in [0.4, 0.5) is 0 Å². The lowest BCUT2D eigenvalue weighted by Gasteiger charge is -2.39. The van der Waals surface area contributed by atoms with Crippen LogP contribution in [0.15, 0.2) is 36.4 Å². The summed E-state index contributed by atoms with van der Waals surface area (Å²) in [5.74, 6) is 2.41. The summed E-state index contributed by atoms with van der Waals surface area (Å²) in [6.45, 7) is 0.761. The molecule has 0 bridgehead atoms. The Hall–Kier alpha value is -2.64. The van der Waals surface area contributed by atoms with Crippen molar-refractivity contribution in [3.63, 3.8) is 0 Å². The van der Waals surface area contributed by atoms with E-state index >= 15 is 0 Å². The molecule has 3 fully saturated rings. The lowest BCUT2D eigenvalue weighted by molar-refractivity contribution is -0.277. The molecule has 3 unspecified atom stereocenters. The number of ether oxygens (including phenoxy) is 7. The second kappa shape index (κ2) is 9.91. The third-order valence-corrected chi connectivity index (χ3v) is 7.60. The normalized spacial score (nSPS) is 36.4. The summed E-state index contributed by atoms with van der Waals surface area (Å²) in [5, 5.41) is 39.8. The topological polar surface area (TPSA) is 146 Å². The molecule has 0 amide bonds. The maximum Gasteiger partial charge on any atom is 0.231 e. The number of methoxy groups -OCH3 is 1.